The topological polar surface area (TPSA) is 96.4 Å². The van der Waals surface area contributed by atoms with E-state index in [1.54, 1.807) is 4.90 Å². The zero-order chi connectivity index (χ0) is 24.7. The van der Waals surface area contributed by atoms with Crippen molar-refractivity contribution in [3.63, 3.8) is 0 Å². The van der Waals surface area contributed by atoms with Gasteiger partial charge < -0.3 is 24.1 Å². The van der Waals surface area contributed by atoms with E-state index in [1.807, 2.05) is 6.92 Å². The molecule has 0 aliphatic carbocycles. The molecule has 3 heterocycles. The highest BCUT2D eigenvalue weighted by atomic mass is 28.4. The number of likely N-dealkylation sites (tertiary alicyclic amines) is 1. The van der Waals surface area contributed by atoms with Crippen LogP contribution >= 0.6 is 0 Å². The third-order valence-corrected chi connectivity index (χ3v) is 12.3. The van der Waals surface area contributed by atoms with E-state index in [-0.39, 0.29) is 47.4 Å². The predicted molar refractivity (Wildman–Crippen MR) is 127 cm³/mol. The Hall–Kier alpha value is -2.13. The van der Waals surface area contributed by atoms with Crippen LogP contribution in [0.3, 0.4) is 0 Å². The maximum atomic E-state index is 13.1. The Labute approximate surface area is 197 Å². The molecule has 0 radical (unpaired) electrons. The van der Waals surface area contributed by atoms with Crippen LogP contribution < -0.4 is 0 Å². The minimum Gasteiger partial charge on any atom is -0.477 e. The SMILES string of the molecule is C=CCOC(=O)N1CCC[C@H]1CC1=C(C(=O)O)N2C(=O)[C@H]([C@@H](C)O[Si](C)(C)C(C)(C)C)[C@H]2C1. The minimum absolute atomic E-state index is 0.0190. The Morgan fingerprint density at radius 2 is 2.00 bits per heavy atom. The van der Waals surface area contributed by atoms with Crippen LogP contribution in [0.4, 0.5) is 4.79 Å². The van der Waals surface area contributed by atoms with Gasteiger partial charge in [0.15, 0.2) is 8.32 Å². The van der Waals surface area contributed by atoms with Gasteiger partial charge in [-0.15, -0.1) is 0 Å². The number of carbonyl (C=O) groups excluding carboxylic acids is 2. The summed E-state index contributed by atoms with van der Waals surface area (Å²) < 4.78 is 11.7. The molecule has 8 nitrogen and oxygen atoms in total. The number of aliphatic carboxylic acids is 1. The van der Waals surface area contributed by atoms with Crippen LogP contribution in [0.5, 0.6) is 0 Å². The summed E-state index contributed by atoms with van der Waals surface area (Å²) in [5, 5.41) is 9.93. The lowest BCUT2D eigenvalue weighted by Crippen LogP contribution is -2.63. The van der Waals surface area contributed by atoms with Gasteiger partial charge in [-0.3, -0.25) is 4.79 Å². The van der Waals surface area contributed by atoms with Gasteiger partial charge in [-0.2, -0.15) is 0 Å². The summed E-state index contributed by atoms with van der Waals surface area (Å²) in [7, 11) is -2.07. The number of fused-ring (bicyclic) bond motifs is 1. The largest absolute Gasteiger partial charge is 0.477 e. The zero-order valence-corrected chi connectivity index (χ0v) is 21.7. The molecule has 2 saturated heterocycles. The molecule has 4 atom stereocenters. The van der Waals surface area contributed by atoms with Gasteiger partial charge in [0.2, 0.25) is 5.91 Å². The number of amides is 2. The monoisotopic (exact) mass is 478 g/mol. The van der Waals surface area contributed by atoms with E-state index in [9.17, 15) is 19.5 Å². The first-order valence-electron chi connectivity index (χ1n) is 11.8. The molecular formula is C24H38N2O6Si. The van der Waals surface area contributed by atoms with Crippen molar-refractivity contribution < 1.29 is 28.7 Å². The molecule has 0 aromatic rings. The summed E-state index contributed by atoms with van der Waals surface area (Å²) >= 11 is 0. The number of hydrogen-bond donors (Lipinski definition) is 1. The summed E-state index contributed by atoms with van der Waals surface area (Å²) in [6, 6.07) is -0.319. The van der Waals surface area contributed by atoms with Gasteiger partial charge in [-0.05, 0) is 56.3 Å². The van der Waals surface area contributed by atoms with Crippen molar-refractivity contribution in [2.45, 2.75) is 89.7 Å². The second-order valence-corrected chi connectivity index (χ2v) is 15.7. The molecule has 0 aromatic carbocycles. The smallest absolute Gasteiger partial charge is 0.410 e. The number of nitrogens with zero attached hydrogens (tertiary/aromatic N) is 2. The molecule has 3 rings (SSSR count). The van der Waals surface area contributed by atoms with Crippen LogP contribution in [0, 0.1) is 5.92 Å². The first-order chi connectivity index (χ1) is 15.3. The number of hydrogen-bond acceptors (Lipinski definition) is 5. The Morgan fingerprint density at radius 3 is 2.58 bits per heavy atom. The number of ether oxygens (including phenoxy) is 1. The summed E-state index contributed by atoms with van der Waals surface area (Å²) in [5.41, 5.74) is 0.823. The standard InChI is InChI=1S/C24H38N2O6Si/c1-8-12-31-23(30)25-11-9-10-17(25)13-16-14-18-19(21(27)26(18)20(16)22(28)29)15(2)32-33(6,7)24(3,4)5/h8,15,17-19H,1,9-14H2,2-7H3,(H,28,29)/t15-,17+,18-,19-/m1/s1. The first-order valence-corrected chi connectivity index (χ1v) is 14.7. The molecule has 2 amide bonds. The fraction of sp³-hybridized carbons (Fsp3) is 0.708. The van der Waals surface area contributed by atoms with E-state index in [0.29, 0.717) is 19.4 Å². The van der Waals surface area contributed by atoms with Gasteiger partial charge in [-0.1, -0.05) is 33.4 Å². The van der Waals surface area contributed by atoms with Crippen molar-refractivity contribution in [1.82, 2.24) is 9.80 Å². The number of rotatable bonds is 8. The van der Waals surface area contributed by atoms with E-state index < -0.39 is 20.4 Å². The molecular weight excluding hydrogens is 440 g/mol. The van der Waals surface area contributed by atoms with Crippen LogP contribution in [0.15, 0.2) is 23.9 Å². The molecule has 0 aromatic heterocycles. The second kappa shape index (κ2) is 9.25. The average Bonchev–Trinajstić information content (AvgIpc) is 3.27. The molecule has 184 valence electrons. The van der Waals surface area contributed by atoms with Crippen LogP contribution in [-0.4, -0.2) is 72.5 Å². The summed E-state index contributed by atoms with van der Waals surface area (Å²) in [6.07, 6.45) is 3.42. The van der Waals surface area contributed by atoms with Crippen molar-refractivity contribution in [3.05, 3.63) is 23.9 Å². The Bertz CT molecular complexity index is 862. The van der Waals surface area contributed by atoms with E-state index in [2.05, 4.69) is 40.4 Å². The van der Waals surface area contributed by atoms with Gasteiger partial charge in [0.25, 0.3) is 0 Å². The summed E-state index contributed by atoms with van der Waals surface area (Å²) in [4.78, 5) is 40.7. The van der Waals surface area contributed by atoms with E-state index >= 15 is 0 Å². The molecule has 0 saturated carbocycles. The fourth-order valence-corrected chi connectivity index (χ4v) is 6.46. The highest BCUT2D eigenvalue weighted by Gasteiger charge is 2.58. The lowest BCUT2D eigenvalue weighted by molar-refractivity contribution is -0.160. The van der Waals surface area contributed by atoms with Gasteiger partial charge in [0.1, 0.15) is 12.3 Å². The van der Waals surface area contributed by atoms with Crippen molar-refractivity contribution in [1.29, 1.82) is 0 Å². The number of carbonyl (C=O) groups is 3. The van der Waals surface area contributed by atoms with Crippen LogP contribution in [0.25, 0.3) is 0 Å². The third-order valence-electron chi connectivity index (χ3n) is 7.71. The molecule has 3 aliphatic rings. The maximum Gasteiger partial charge on any atom is 0.410 e. The highest BCUT2D eigenvalue weighted by molar-refractivity contribution is 6.74. The lowest BCUT2D eigenvalue weighted by Gasteiger charge is -2.48. The van der Waals surface area contributed by atoms with Crippen molar-refractivity contribution in [3.8, 4) is 0 Å². The van der Waals surface area contributed by atoms with Crippen molar-refractivity contribution in [2.75, 3.05) is 13.2 Å². The summed E-state index contributed by atoms with van der Waals surface area (Å²) in [5.74, 6) is -1.61. The first kappa shape index (κ1) is 25.5. The van der Waals surface area contributed by atoms with Crippen molar-refractivity contribution in [2.24, 2.45) is 5.92 Å². The molecule has 0 spiro atoms. The van der Waals surface area contributed by atoms with E-state index in [0.717, 1.165) is 18.4 Å². The van der Waals surface area contributed by atoms with Crippen LogP contribution in [0.1, 0.15) is 53.4 Å². The third kappa shape index (κ3) is 4.75. The molecule has 33 heavy (non-hydrogen) atoms. The zero-order valence-electron chi connectivity index (χ0n) is 20.7. The lowest BCUT2D eigenvalue weighted by atomic mass is 9.82. The van der Waals surface area contributed by atoms with Gasteiger partial charge in [0, 0.05) is 12.6 Å². The molecule has 1 N–H and O–H groups in total. The van der Waals surface area contributed by atoms with Crippen LogP contribution in [-0.2, 0) is 18.8 Å². The molecule has 2 fully saturated rings. The second-order valence-electron chi connectivity index (χ2n) is 10.9. The minimum atomic E-state index is -2.07. The van der Waals surface area contributed by atoms with Crippen molar-refractivity contribution >= 4 is 26.3 Å². The van der Waals surface area contributed by atoms with Gasteiger partial charge >= 0.3 is 12.1 Å². The predicted octanol–water partition coefficient (Wildman–Crippen LogP) is 4.14. The molecule has 0 unspecified atom stereocenters. The molecule has 0 bridgehead atoms. The maximum absolute atomic E-state index is 13.1. The van der Waals surface area contributed by atoms with E-state index in [4.69, 9.17) is 9.16 Å². The summed E-state index contributed by atoms with van der Waals surface area (Å²) in [6.45, 7) is 17.0. The highest BCUT2D eigenvalue weighted by Crippen LogP contribution is 2.47. The van der Waals surface area contributed by atoms with Gasteiger partial charge in [-0.25, -0.2) is 9.59 Å². The quantitative estimate of drug-likeness (QED) is 0.320. The van der Waals surface area contributed by atoms with E-state index in [1.165, 1.54) is 11.0 Å². The van der Waals surface area contributed by atoms with Crippen LogP contribution in [0.2, 0.25) is 18.1 Å². The molecule has 9 heteroatoms. The normalized spacial score (nSPS) is 26.2. The number of carboxylic acid groups (broad SMARTS) is 1. The number of carboxylic acids is 1. The van der Waals surface area contributed by atoms with Gasteiger partial charge in [0.05, 0.1) is 18.1 Å². The Balaban J connectivity index is 1.74. The Morgan fingerprint density at radius 1 is 1.33 bits per heavy atom. The Kier molecular flexibility index (Phi) is 7.15. The average molecular weight is 479 g/mol. The fourth-order valence-electron chi connectivity index (χ4n) is 5.03. The molecule has 3 aliphatic heterocycles. The number of β-lactam (4-membered cyclic amide) rings is 1.